The summed E-state index contributed by atoms with van der Waals surface area (Å²) in [5.41, 5.74) is 1.79. The first-order chi connectivity index (χ1) is 13.2. The molecule has 1 saturated heterocycles. The summed E-state index contributed by atoms with van der Waals surface area (Å²) in [6.45, 7) is 4.10. The molecule has 0 N–H and O–H groups in total. The molecule has 27 heavy (non-hydrogen) atoms. The third-order valence-corrected chi connectivity index (χ3v) is 5.19. The van der Waals surface area contributed by atoms with Crippen LogP contribution in [0, 0.1) is 0 Å². The van der Waals surface area contributed by atoms with Crippen molar-refractivity contribution >= 4 is 16.7 Å². The van der Waals surface area contributed by atoms with Gasteiger partial charge in [0.2, 0.25) is 0 Å². The number of amides is 1. The van der Waals surface area contributed by atoms with Crippen LogP contribution in [0.5, 0.6) is 5.75 Å². The minimum Gasteiger partial charge on any atom is -0.494 e. The van der Waals surface area contributed by atoms with Crippen LogP contribution in [0.25, 0.3) is 10.8 Å². The molecule has 2 heterocycles. The average molecular weight is 360 g/mol. The fourth-order valence-corrected chi connectivity index (χ4v) is 3.77. The maximum Gasteiger partial charge on any atom is 0.253 e. The van der Waals surface area contributed by atoms with Gasteiger partial charge in [0.1, 0.15) is 5.75 Å². The molecule has 138 valence electrons. The van der Waals surface area contributed by atoms with E-state index >= 15 is 0 Å². The number of carbonyl (C=O) groups is 1. The summed E-state index contributed by atoms with van der Waals surface area (Å²) in [6, 6.07) is 17.9. The molecular weight excluding hydrogens is 336 g/mol. The number of ether oxygens (including phenoxy) is 1. The van der Waals surface area contributed by atoms with Crippen molar-refractivity contribution in [2.75, 3.05) is 19.7 Å². The Morgan fingerprint density at radius 2 is 1.93 bits per heavy atom. The molecule has 0 saturated carbocycles. The monoisotopic (exact) mass is 360 g/mol. The number of hydrogen-bond donors (Lipinski definition) is 0. The first kappa shape index (κ1) is 17.5. The lowest BCUT2D eigenvalue weighted by Gasteiger charge is -2.32. The quantitative estimate of drug-likeness (QED) is 0.680. The van der Waals surface area contributed by atoms with Crippen LogP contribution < -0.4 is 4.74 Å². The van der Waals surface area contributed by atoms with Gasteiger partial charge >= 0.3 is 0 Å². The predicted molar refractivity (Wildman–Crippen MR) is 107 cm³/mol. The van der Waals surface area contributed by atoms with E-state index in [0.29, 0.717) is 12.2 Å². The molecule has 0 radical (unpaired) electrons. The van der Waals surface area contributed by atoms with Gasteiger partial charge in [0, 0.05) is 41.8 Å². The van der Waals surface area contributed by atoms with E-state index in [9.17, 15) is 4.79 Å². The van der Waals surface area contributed by atoms with Crippen LogP contribution in [0.3, 0.4) is 0 Å². The molecule has 0 spiro atoms. The van der Waals surface area contributed by atoms with Crippen molar-refractivity contribution in [3.05, 3.63) is 72.1 Å². The highest BCUT2D eigenvalue weighted by molar-refractivity contribution is 5.94. The fourth-order valence-electron chi connectivity index (χ4n) is 3.77. The van der Waals surface area contributed by atoms with Crippen molar-refractivity contribution in [3.63, 3.8) is 0 Å². The van der Waals surface area contributed by atoms with Crippen LogP contribution in [-0.2, 0) is 0 Å². The van der Waals surface area contributed by atoms with E-state index in [0.717, 1.165) is 42.8 Å². The Labute approximate surface area is 159 Å². The zero-order chi connectivity index (χ0) is 18.6. The first-order valence-corrected chi connectivity index (χ1v) is 9.61. The van der Waals surface area contributed by atoms with Crippen LogP contribution in [0.15, 0.2) is 60.8 Å². The number of likely N-dealkylation sites (tertiary alicyclic amines) is 1. The van der Waals surface area contributed by atoms with Crippen molar-refractivity contribution in [3.8, 4) is 5.75 Å². The normalized spacial score (nSPS) is 17.1. The van der Waals surface area contributed by atoms with E-state index in [2.05, 4.69) is 29.2 Å². The summed E-state index contributed by atoms with van der Waals surface area (Å²) in [4.78, 5) is 19.6. The molecule has 1 amide bonds. The van der Waals surface area contributed by atoms with Crippen LogP contribution in [-0.4, -0.2) is 35.5 Å². The molecule has 4 rings (SSSR count). The van der Waals surface area contributed by atoms with Gasteiger partial charge in [0.25, 0.3) is 5.91 Å². The number of fused-ring (bicyclic) bond motifs is 1. The van der Waals surface area contributed by atoms with E-state index in [1.165, 1.54) is 5.39 Å². The van der Waals surface area contributed by atoms with E-state index < -0.39 is 0 Å². The Balaban J connectivity index is 1.50. The SMILES string of the molecule is CCOc1ccc(C(=O)N2CCC[C@@H](c3cc4ccccc4cn3)C2)cc1. The molecule has 1 aromatic heterocycles. The Kier molecular flexibility index (Phi) is 5.05. The molecule has 1 fully saturated rings. The van der Waals surface area contributed by atoms with Gasteiger partial charge in [0.15, 0.2) is 0 Å². The average Bonchev–Trinajstić information content (AvgIpc) is 2.74. The molecular formula is C23H24N2O2. The highest BCUT2D eigenvalue weighted by Gasteiger charge is 2.26. The number of benzene rings is 2. The van der Waals surface area contributed by atoms with Crippen LogP contribution >= 0.6 is 0 Å². The smallest absolute Gasteiger partial charge is 0.253 e. The van der Waals surface area contributed by atoms with Crippen LogP contribution in [0.2, 0.25) is 0 Å². The number of hydrogen-bond acceptors (Lipinski definition) is 3. The minimum atomic E-state index is 0.0866. The van der Waals surface area contributed by atoms with Gasteiger partial charge in [-0.2, -0.15) is 0 Å². The summed E-state index contributed by atoms with van der Waals surface area (Å²) in [5.74, 6) is 1.17. The van der Waals surface area contributed by atoms with Crippen molar-refractivity contribution in [2.24, 2.45) is 0 Å². The second-order valence-electron chi connectivity index (χ2n) is 7.00. The zero-order valence-corrected chi connectivity index (χ0v) is 15.6. The third-order valence-electron chi connectivity index (χ3n) is 5.19. The molecule has 1 aliphatic heterocycles. The number of nitrogens with zero attached hydrogens (tertiary/aromatic N) is 2. The van der Waals surface area contributed by atoms with Gasteiger partial charge in [-0.1, -0.05) is 24.3 Å². The Morgan fingerprint density at radius 1 is 1.15 bits per heavy atom. The van der Waals surface area contributed by atoms with Crippen LogP contribution in [0.4, 0.5) is 0 Å². The molecule has 4 heteroatoms. The summed E-state index contributed by atoms with van der Waals surface area (Å²) in [5, 5.41) is 2.36. The van der Waals surface area contributed by atoms with Crippen molar-refractivity contribution in [1.29, 1.82) is 0 Å². The second kappa shape index (κ2) is 7.78. The highest BCUT2D eigenvalue weighted by Crippen LogP contribution is 2.28. The topological polar surface area (TPSA) is 42.4 Å². The van der Waals surface area contributed by atoms with E-state index in [1.54, 1.807) is 0 Å². The van der Waals surface area contributed by atoms with Gasteiger partial charge in [-0.3, -0.25) is 9.78 Å². The molecule has 4 nitrogen and oxygen atoms in total. The standard InChI is InChI=1S/C23H24N2O2/c1-2-27-21-11-9-17(10-12-21)23(26)25-13-5-8-20(16-25)22-14-18-6-3-4-7-19(18)15-24-22/h3-4,6-7,9-12,14-15,20H,2,5,8,13,16H2,1H3/t20-/m1/s1. The largest absolute Gasteiger partial charge is 0.494 e. The van der Waals surface area contributed by atoms with Gasteiger partial charge in [0.05, 0.1) is 6.61 Å². The second-order valence-corrected chi connectivity index (χ2v) is 7.00. The molecule has 0 bridgehead atoms. The summed E-state index contributed by atoms with van der Waals surface area (Å²) in [6.07, 6.45) is 4.01. The molecule has 2 aromatic carbocycles. The van der Waals surface area contributed by atoms with Gasteiger partial charge in [-0.25, -0.2) is 0 Å². The predicted octanol–water partition coefficient (Wildman–Crippen LogP) is 4.65. The maximum atomic E-state index is 12.9. The Bertz CT molecular complexity index is 937. The fraction of sp³-hybridized carbons (Fsp3) is 0.304. The van der Waals surface area contributed by atoms with E-state index in [-0.39, 0.29) is 11.8 Å². The number of piperidine rings is 1. The molecule has 1 atom stereocenters. The Morgan fingerprint density at radius 3 is 2.70 bits per heavy atom. The summed E-state index contributed by atoms with van der Waals surface area (Å²) in [7, 11) is 0. The number of rotatable bonds is 4. The van der Waals surface area contributed by atoms with E-state index in [1.807, 2.05) is 48.4 Å². The zero-order valence-electron chi connectivity index (χ0n) is 15.6. The van der Waals surface area contributed by atoms with Crippen LogP contribution in [0.1, 0.15) is 41.7 Å². The number of aromatic nitrogens is 1. The van der Waals surface area contributed by atoms with Crippen molar-refractivity contribution in [1.82, 2.24) is 9.88 Å². The highest BCUT2D eigenvalue weighted by atomic mass is 16.5. The summed E-state index contributed by atoms with van der Waals surface area (Å²) < 4.78 is 5.46. The molecule has 3 aromatic rings. The Hall–Kier alpha value is -2.88. The minimum absolute atomic E-state index is 0.0866. The number of pyridine rings is 1. The molecule has 0 unspecified atom stereocenters. The maximum absolute atomic E-state index is 12.9. The van der Waals surface area contributed by atoms with Gasteiger partial charge in [-0.15, -0.1) is 0 Å². The third kappa shape index (κ3) is 3.80. The lowest BCUT2D eigenvalue weighted by molar-refractivity contribution is 0.0706. The number of carbonyl (C=O) groups excluding carboxylic acids is 1. The lowest BCUT2D eigenvalue weighted by atomic mass is 9.93. The van der Waals surface area contributed by atoms with Gasteiger partial charge in [-0.05, 0) is 55.5 Å². The summed E-state index contributed by atoms with van der Waals surface area (Å²) >= 11 is 0. The molecule has 0 aliphatic carbocycles. The van der Waals surface area contributed by atoms with Crippen molar-refractivity contribution < 1.29 is 9.53 Å². The van der Waals surface area contributed by atoms with E-state index in [4.69, 9.17) is 4.74 Å². The van der Waals surface area contributed by atoms with Crippen molar-refractivity contribution in [2.45, 2.75) is 25.7 Å². The van der Waals surface area contributed by atoms with Gasteiger partial charge < -0.3 is 9.64 Å². The lowest BCUT2D eigenvalue weighted by Crippen LogP contribution is -2.39. The molecule has 1 aliphatic rings. The first-order valence-electron chi connectivity index (χ1n) is 9.61.